The summed E-state index contributed by atoms with van der Waals surface area (Å²) in [6.45, 7) is 4.30. The molecule has 0 aliphatic rings. The fourth-order valence-electron chi connectivity index (χ4n) is 2.16. The molecule has 3 nitrogen and oxygen atoms in total. The van der Waals surface area contributed by atoms with Gasteiger partial charge in [0.25, 0.3) is 0 Å². The van der Waals surface area contributed by atoms with Crippen LogP contribution in [-0.2, 0) is 0 Å². The van der Waals surface area contributed by atoms with Crippen molar-refractivity contribution < 1.29 is 4.52 Å². The maximum absolute atomic E-state index is 5.94. The van der Waals surface area contributed by atoms with Gasteiger partial charge < -0.3 is 10.3 Å². The molecule has 0 atom stereocenters. The van der Waals surface area contributed by atoms with Gasteiger partial charge in [-0.05, 0) is 30.5 Å². The van der Waals surface area contributed by atoms with Gasteiger partial charge in [-0.3, -0.25) is 0 Å². The highest BCUT2D eigenvalue weighted by atomic mass is 79.9. The van der Waals surface area contributed by atoms with Crippen LogP contribution in [-0.4, -0.2) is 5.16 Å². The lowest BCUT2D eigenvalue weighted by atomic mass is 9.94. The summed E-state index contributed by atoms with van der Waals surface area (Å²) in [6, 6.07) is 8.05. The number of nitrogen functional groups attached to an aromatic ring is 1. The van der Waals surface area contributed by atoms with Crippen LogP contribution in [0.4, 0.5) is 5.82 Å². The van der Waals surface area contributed by atoms with Crippen LogP contribution in [0.3, 0.4) is 0 Å². The number of benzene rings is 1. The average molecular weight is 309 g/mol. The summed E-state index contributed by atoms with van der Waals surface area (Å²) < 4.78 is 6.48. The van der Waals surface area contributed by atoms with E-state index in [-0.39, 0.29) is 0 Å². The van der Waals surface area contributed by atoms with Crippen LogP contribution >= 0.6 is 15.9 Å². The Bertz CT molecular complexity index is 515. The van der Waals surface area contributed by atoms with E-state index in [0.29, 0.717) is 11.7 Å². The third kappa shape index (κ3) is 2.43. The molecule has 0 unspecified atom stereocenters. The van der Waals surface area contributed by atoms with Crippen LogP contribution in [0.15, 0.2) is 33.3 Å². The fourth-order valence-corrected chi connectivity index (χ4v) is 2.43. The largest absolute Gasteiger partial charge is 0.380 e. The summed E-state index contributed by atoms with van der Waals surface area (Å²) in [5.41, 5.74) is 7.94. The fraction of sp³-hybridized carbons (Fsp3) is 0.357. The molecule has 2 N–H and O–H groups in total. The molecule has 4 heteroatoms. The first-order valence-electron chi connectivity index (χ1n) is 6.18. The van der Waals surface area contributed by atoms with Gasteiger partial charge in [-0.25, -0.2) is 0 Å². The highest BCUT2D eigenvalue weighted by Crippen LogP contribution is 2.37. The van der Waals surface area contributed by atoms with Gasteiger partial charge in [-0.1, -0.05) is 47.1 Å². The number of nitrogens with zero attached hydrogens (tertiary/aromatic N) is 1. The monoisotopic (exact) mass is 308 g/mol. The van der Waals surface area contributed by atoms with Gasteiger partial charge in [0.15, 0.2) is 5.82 Å². The number of hydrogen-bond donors (Lipinski definition) is 1. The Morgan fingerprint density at radius 1 is 1.22 bits per heavy atom. The summed E-state index contributed by atoms with van der Waals surface area (Å²) in [5, 5.41) is 3.92. The topological polar surface area (TPSA) is 52.0 Å². The first-order valence-corrected chi connectivity index (χ1v) is 6.97. The van der Waals surface area contributed by atoms with Gasteiger partial charge >= 0.3 is 0 Å². The van der Waals surface area contributed by atoms with Crippen molar-refractivity contribution in [3.05, 3.63) is 34.5 Å². The predicted molar refractivity (Wildman–Crippen MR) is 77.4 cm³/mol. The Kier molecular flexibility index (Phi) is 4.07. The van der Waals surface area contributed by atoms with Crippen LogP contribution in [0.2, 0.25) is 0 Å². The normalized spacial score (nSPS) is 11.1. The maximum Gasteiger partial charge on any atom is 0.175 e. The van der Waals surface area contributed by atoms with E-state index >= 15 is 0 Å². The van der Waals surface area contributed by atoms with Crippen LogP contribution in [0.25, 0.3) is 11.1 Å². The predicted octanol–water partition coefficient (Wildman–Crippen LogP) is 4.59. The summed E-state index contributed by atoms with van der Waals surface area (Å²) in [4.78, 5) is 0. The van der Waals surface area contributed by atoms with E-state index in [9.17, 15) is 0 Å². The minimum Gasteiger partial charge on any atom is -0.380 e. The lowest BCUT2D eigenvalue weighted by molar-refractivity contribution is 0.356. The number of nitrogens with two attached hydrogens (primary N) is 1. The zero-order chi connectivity index (χ0) is 13.1. The van der Waals surface area contributed by atoms with Crippen LogP contribution in [0, 0.1) is 0 Å². The molecular formula is C14H17BrN2O. The van der Waals surface area contributed by atoms with Crippen molar-refractivity contribution >= 4 is 21.7 Å². The van der Waals surface area contributed by atoms with Gasteiger partial charge in [-0.2, -0.15) is 0 Å². The highest BCUT2D eigenvalue weighted by molar-refractivity contribution is 9.10. The molecule has 96 valence electrons. The van der Waals surface area contributed by atoms with Gasteiger partial charge in [-0.15, -0.1) is 0 Å². The second-order valence-corrected chi connectivity index (χ2v) is 5.24. The molecule has 0 bridgehead atoms. The summed E-state index contributed by atoms with van der Waals surface area (Å²) in [6.07, 6.45) is 2.04. The van der Waals surface area contributed by atoms with Gasteiger partial charge in [0.05, 0.1) is 5.56 Å². The Labute approximate surface area is 115 Å². The summed E-state index contributed by atoms with van der Waals surface area (Å²) in [5.74, 6) is 1.74. The van der Waals surface area contributed by atoms with Crippen molar-refractivity contribution in [3.63, 3.8) is 0 Å². The molecule has 2 aromatic rings. The van der Waals surface area contributed by atoms with Gasteiger partial charge in [0.1, 0.15) is 5.76 Å². The maximum atomic E-state index is 5.94. The van der Waals surface area contributed by atoms with Crippen LogP contribution in [0.1, 0.15) is 38.4 Å². The first kappa shape index (κ1) is 13.1. The second kappa shape index (κ2) is 5.57. The van der Waals surface area contributed by atoms with E-state index in [2.05, 4.69) is 34.9 Å². The molecule has 0 radical (unpaired) electrons. The Morgan fingerprint density at radius 2 is 1.83 bits per heavy atom. The van der Waals surface area contributed by atoms with E-state index in [1.165, 1.54) is 0 Å². The van der Waals surface area contributed by atoms with Crippen molar-refractivity contribution in [2.75, 3.05) is 5.73 Å². The molecule has 0 saturated carbocycles. The zero-order valence-corrected chi connectivity index (χ0v) is 12.2. The molecule has 18 heavy (non-hydrogen) atoms. The van der Waals surface area contributed by atoms with Crippen LogP contribution < -0.4 is 5.73 Å². The molecule has 2 rings (SSSR count). The van der Waals surface area contributed by atoms with E-state index in [0.717, 1.165) is 34.2 Å². The molecular weight excluding hydrogens is 292 g/mol. The summed E-state index contributed by atoms with van der Waals surface area (Å²) >= 11 is 3.43. The smallest absolute Gasteiger partial charge is 0.175 e. The van der Waals surface area contributed by atoms with E-state index < -0.39 is 0 Å². The van der Waals surface area contributed by atoms with E-state index in [4.69, 9.17) is 10.3 Å². The minimum atomic E-state index is 0.369. The average Bonchev–Trinajstić information content (AvgIpc) is 2.74. The third-order valence-corrected chi connectivity index (χ3v) is 3.76. The second-order valence-electron chi connectivity index (χ2n) is 4.33. The Balaban J connectivity index is 2.49. The molecule has 0 amide bonds. The lowest BCUT2D eigenvalue weighted by Crippen LogP contribution is -1.97. The molecule has 1 aromatic carbocycles. The van der Waals surface area contributed by atoms with Crippen molar-refractivity contribution in [2.24, 2.45) is 0 Å². The molecule has 0 fully saturated rings. The zero-order valence-electron chi connectivity index (χ0n) is 10.6. The lowest BCUT2D eigenvalue weighted by Gasteiger charge is -2.10. The van der Waals surface area contributed by atoms with E-state index in [1.54, 1.807) is 0 Å². The summed E-state index contributed by atoms with van der Waals surface area (Å²) in [7, 11) is 0. The molecule has 1 aromatic heterocycles. The molecule has 0 aliphatic carbocycles. The SMILES string of the molecule is CCC(CC)c1onc(N)c1-c1ccc(Br)cc1. The number of anilines is 1. The van der Waals surface area contributed by atoms with Crippen molar-refractivity contribution in [2.45, 2.75) is 32.6 Å². The van der Waals surface area contributed by atoms with Crippen molar-refractivity contribution in [1.29, 1.82) is 0 Å². The van der Waals surface area contributed by atoms with Crippen LogP contribution in [0.5, 0.6) is 0 Å². The number of aromatic nitrogens is 1. The highest BCUT2D eigenvalue weighted by Gasteiger charge is 2.21. The minimum absolute atomic E-state index is 0.369. The van der Waals surface area contributed by atoms with Gasteiger partial charge in [0.2, 0.25) is 0 Å². The Hall–Kier alpha value is -1.29. The van der Waals surface area contributed by atoms with Crippen molar-refractivity contribution in [3.8, 4) is 11.1 Å². The number of rotatable bonds is 4. The molecule has 0 aliphatic heterocycles. The molecule has 0 spiro atoms. The van der Waals surface area contributed by atoms with Gasteiger partial charge in [0, 0.05) is 10.4 Å². The van der Waals surface area contributed by atoms with E-state index in [1.807, 2.05) is 24.3 Å². The van der Waals surface area contributed by atoms with Crippen molar-refractivity contribution in [1.82, 2.24) is 5.16 Å². The number of halogens is 1. The Morgan fingerprint density at radius 3 is 2.39 bits per heavy atom. The first-order chi connectivity index (χ1) is 8.67. The molecule has 0 saturated heterocycles. The quantitative estimate of drug-likeness (QED) is 0.898. The standard InChI is InChI=1S/C14H17BrN2O/c1-3-9(4-2)13-12(14(16)17-18-13)10-5-7-11(15)8-6-10/h5-9H,3-4H2,1-2H3,(H2,16,17). The number of hydrogen-bond acceptors (Lipinski definition) is 3. The third-order valence-electron chi connectivity index (χ3n) is 3.23. The molecule has 1 heterocycles.